The molecular formula is C28H25F3N2O4S. The molecule has 1 saturated heterocycles. The van der Waals surface area contributed by atoms with Crippen LogP contribution in [0.4, 0.5) is 18.9 Å². The number of carbonyl (C=O) groups is 2. The average Bonchev–Trinajstić information content (AvgIpc) is 3.50. The molecule has 10 heteroatoms. The van der Waals surface area contributed by atoms with Crippen molar-refractivity contribution < 1.29 is 32.2 Å². The van der Waals surface area contributed by atoms with Crippen molar-refractivity contribution in [1.29, 1.82) is 0 Å². The van der Waals surface area contributed by atoms with Crippen LogP contribution in [0.2, 0.25) is 0 Å². The van der Waals surface area contributed by atoms with Crippen molar-refractivity contribution in [2.24, 2.45) is 0 Å². The third-order valence-electron chi connectivity index (χ3n) is 6.54. The number of hydrogen-bond acceptors (Lipinski definition) is 6. The van der Waals surface area contributed by atoms with E-state index in [4.69, 9.17) is 9.47 Å². The van der Waals surface area contributed by atoms with Crippen LogP contribution in [-0.4, -0.2) is 50.1 Å². The number of halogens is 3. The first-order chi connectivity index (χ1) is 18.2. The minimum Gasteiger partial charge on any atom is -0.493 e. The van der Waals surface area contributed by atoms with E-state index in [0.29, 0.717) is 33.6 Å². The molecule has 5 rings (SSSR count). The molecule has 3 aromatic carbocycles. The molecule has 0 atom stereocenters. The average molecular weight is 543 g/mol. The van der Waals surface area contributed by atoms with Crippen molar-refractivity contribution in [1.82, 2.24) is 4.90 Å². The van der Waals surface area contributed by atoms with Gasteiger partial charge in [-0.2, -0.15) is 13.2 Å². The maximum Gasteiger partial charge on any atom is 0.416 e. The first-order valence-corrected chi connectivity index (χ1v) is 13.0. The summed E-state index contributed by atoms with van der Waals surface area (Å²) in [6.07, 6.45) is -2.01. The molecule has 0 aliphatic carbocycles. The van der Waals surface area contributed by atoms with Gasteiger partial charge in [-0.05, 0) is 80.5 Å². The standard InChI is InChI=1S/C28H25F3N2O4S/c1-36-25-16-19(6-11-24(25)37-15-14-32-12-2-3-13-32)33-26(34)22-10-9-21(17-23(22)27(33)35)38-20-7-4-18(5-8-20)28(29,30)31/h4-11,16-17H,2-3,12-15H2,1H3. The Morgan fingerprint density at radius 2 is 1.53 bits per heavy atom. The maximum absolute atomic E-state index is 13.3. The van der Waals surface area contributed by atoms with Crippen molar-refractivity contribution in [3.8, 4) is 11.5 Å². The first-order valence-electron chi connectivity index (χ1n) is 12.2. The topological polar surface area (TPSA) is 59.1 Å². The molecule has 0 spiro atoms. The van der Waals surface area contributed by atoms with Crippen LogP contribution in [0.25, 0.3) is 0 Å². The molecule has 198 valence electrons. The van der Waals surface area contributed by atoms with Crippen LogP contribution in [0.1, 0.15) is 39.1 Å². The predicted octanol–water partition coefficient (Wildman–Crippen LogP) is 6.14. The first kappa shape index (κ1) is 26.1. The summed E-state index contributed by atoms with van der Waals surface area (Å²) in [7, 11) is 1.50. The number of amides is 2. The lowest BCUT2D eigenvalue weighted by molar-refractivity contribution is -0.137. The van der Waals surface area contributed by atoms with Gasteiger partial charge in [-0.25, -0.2) is 4.90 Å². The van der Waals surface area contributed by atoms with Gasteiger partial charge in [-0.1, -0.05) is 11.8 Å². The van der Waals surface area contributed by atoms with Crippen LogP contribution in [0.15, 0.2) is 70.5 Å². The number of nitrogens with zero attached hydrogens (tertiary/aromatic N) is 2. The fraction of sp³-hybridized carbons (Fsp3) is 0.286. The van der Waals surface area contributed by atoms with Crippen LogP contribution in [-0.2, 0) is 6.18 Å². The maximum atomic E-state index is 13.3. The third-order valence-corrected chi connectivity index (χ3v) is 7.54. The van der Waals surface area contributed by atoms with Gasteiger partial charge < -0.3 is 9.47 Å². The van der Waals surface area contributed by atoms with Gasteiger partial charge >= 0.3 is 6.18 Å². The van der Waals surface area contributed by atoms with Crippen molar-refractivity contribution in [3.05, 3.63) is 77.4 Å². The molecular weight excluding hydrogens is 517 g/mol. The summed E-state index contributed by atoms with van der Waals surface area (Å²) in [6, 6.07) is 14.5. The number of fused-ring (bicyclic) bond motifs is 1. The lowest BCUT2D eigenvalue weighted by atomic mass is 10.1. The van der Waals surface area contributed by atoms with Crippen molar-refractivity contribution >= 4 is 29.3 Å². The van der Waals surface area contributed by atoms with E-state index in [-0.39, 0.29) is 11.1 Å². The third kappa shape index (κ3) is 5.37. The number of methoxy groups -OCH3 is 1. The minimum absolute atomic E-state index is 0.233. The smallest absolute Gasteiger partial charge is 0.416 e. The number of likely N-dealkylation sites (tertiary alicyclic amines) is 1. The van der Waals surface area contributed by atoms with Crippen molar-refractivity contribution in [2.75, 3.05) is 38.3 Å². The number of alkyl halides is 3. The van der Waals surface area contributed by atoms with Gasteiger partial charge in [-0.15, -0.1) is 0 Å². The lowest BCUT2D eigenvalue weighted by Gasteiger charge is -2.18. The molecule has 2 heterocycles. The summed E-state index contributed by atoms with van der Waals surface area (Å²) >= 11 is 1.21. The van der Waals surface area contributed by atoms with Gasteiger partial charge in [0.2, 0.25) is 0 Å². The number of imide groups is 1. The summed E-state index contributed by atoms with van der Waals surface area (Å²) in [6.45, 7) is 3.46. The quantitative estimate of drug-likeness (QED) is 0.319. The summed E-state index contributed by atoms with van der Waals surface area (Å²) in [4.78, 5) is 31.0. The predicted molar refractivity (Wildman–Crippen MR) is 137 cm³/mol. The molecule has 38 heavy (non-hydrogen) atoms. The normalized spacial score (nSPS) is 15.7. The Morgan fingerprint density at radius 3 is 2.21 bits per heavy atom. The second-order valence-electron chi connectivity index (χ2n) is 9.01. The molecule has 0 N–H and O–H groups in total. The molecule has 0 radical (unpaired) electrons. The largest absolute Gasteiger partial charge is 0.493 e. The number of rotatable bonds is 8. The van der Waals surface area contributed by atoms with Gasteiger partial charge in [0, 0.05) is 22.4 Å². The van der Waals surface area contributed by atoms with Crippen LogP contribution in [0.3, 0.4) is 0 Å². The highest BCUT2D eigenvalue weighted by molar-refractivity contribution is 7.99. The van der Waals surface area contributed by atoms with Crippen LogP contribution in [0.5, 0.6) is 11.5 Å². The van der Waals surface area contributed by atoms with Gasteiger partial charge in [0.1, 0.15) is 6.61 Å². The fourth-order valence-corrected chi connectivity index (χ4v) is 5.43. The zero-order valence-corrected chi connectivity index (χ0v) is 21.4. The van der Waals surface area contributed by atoms with E-state index in [1.165, 1.54) is 43.8 Å². The van der Waals surface area contributed by atoms with Gasteiger partial charge in [0.05, 0.1) is 29.5 Å². The minimum atomic E-state index is -4.41. The van der Waals surface area contributed by atoms with Crippen molar-refractivity contribution in [2.45, 2.75) is 28.8 Å². The van der Waals surface area contributed by atoms with E-state index in [9.17, 15) is 22.8 Å². The highest BCUT2D eigenvalue weighted by atomic mass is 32.2. The second kappa shape index (κ2) is 10.7. The van der Waals surface area contributed by atoms with Crippen molar-refractivity contribution in [3.63, 3.8) is 0 Å². The molecule has 6 nitrogen and oxygen atoms in total. The van der Waals surface area contributed by atoms with E-state index in [1.54, 1.807) is 36.4 Å². The highest BCUT2D eigenvalue weighted by Gasteiger charge is 2.37. The van der Waals surface area contributed by atoms with E-state index in [0.717, 1.165) is 36.7 Å². The molecule has 0 bridgehead atoms. The molecule has 3 aromatic rings. The summed E-state index contributed by atoms with van der Waals surface area (Å²) in [5.74, 6) is 0.00627. The fourth-order valence-electron chi connectivity index (χ4n) is 4.57. The Labute approximate surface area is 222 Å². The number of hydrogen-bond donors (Lipinski definition) is 0. The Morgan fingerprint density at radius 1 is 0.842 bits per heavy atom. The Bertz CT molecular complexity index is 1360. The zero-order chi connectivity index (χ0) is 26.9. The highest BCUT2D eigenvalue weighted by Crippen LogP contribution is 2.38. The number of carbonyl (C=O) groups excluding carboxylic acids is 2. The summed E-state index contributed by atoms with van der Waals surface area (Å²) < 4.78 is 49.9. The number of anilines is 1. The van der Waals surface area contributed by atoms with Crippen LogP contribution >= 0.6 is 11.8 Å². The molecule has 0 saturated carbocycles. The zero-order valence-electron chi connectivity index (χ0n) is 20.6. The van der Waals surface area contributed by atoms with Gasteiger partial charge in [0.15, 0.2) is 11.5 Å². The molecule has 2 aliphatic heterocycles. The molecule has 2 amide bonds. The Kier molecular flexibility index (Phi) is 7.36. The van der Waals surface area contributed by atoms with E-state index < -0.39 is 23.6 Å². The SMILES string of the molecule is COc1cc(N2C(=O)c3ccc(Sc4ccc(C(F)(F)F)cc4)cc3C2=O)ccc1OCCN1CCCC1. The molecule has 0 unspecified atom stereocenters. The van der Waals surface area contributed by atoms with Gasteiger partial charge in [-0.3, -0.25) is 14.5 Å². The van der Waals surface area contributed by atoms with Crippen LogP contribution in [0, 0.1) is 0 Å². The lowest BCUT2D eigenvalue weighted by Crippen LogP contribution is -2.29. The van der Waals surface area contributed by atoms with Crippen LogP contribution < -0.4 is 14.4 Å². The Hall–Kier alpha value is -3.50. The number of ether oxygens (including phenoxy) is 2. The molecule has 2 aliphatic rings. The summed E-state index contributed by atoms with van der Waals surface area (Å²) in [5.41, 5.74) is 0.121. The monoisotopic (exact) mass is 542 g/mol. The van der Waals surface area contributed by atoms with E-state index in [1.807, 2.05) is 0 Å². The summed E-state index contributed by atoms with van der Waals surface area (Å²) in [5, 5.41) is 0. The molecule has 0 aromatic heterocycles. The molecule has 1 fully saturated rings. The van der Waals surface area contributed by atoms with Gasteiger partial charge in [0.25, 0.3) is 11.8 Å². The second-order valence-corrected chi connectivity index (χ2v) is 10.2. The van der Waals surface area contributed by atoms with E-state index in [2.05, 4.69) is 4.90 Å². The number of benzene rings is 3. The van der Waals surface area contributed by atoms with E-state index >= 15 is 0 Å². The Balaban J connectivity index is 1.31.